The Kier molecular flexibility index (Phi) is 5.17. The summed E-state index contributed by atoms with van der Waals surface area (Å²) in [5.74, 6) is 1.49. The zero-order chi connectivity index (χ0) is 19.7. The van der Waals surface area contributed by atoms with Gasteiger partial charge in [-0.1, -0.05) is 13.3 Å². The molecule has 1 amide bonds. The van der Waals surface area contributed by atoms with E-state index >= 15 is 0 Å². The fourth-order valence-electron chi connectivity index (χ4n) is 4.13. The van der Waals surface area contributed by atoms with Crippen LogP contribution >= 0.6 is 0 Å². The van der Waals surface area contributed by atoms with E-state index in [9.17, 15) is 4.79 Å². The fourth-order valence-corrected chi connectivity index (χ4v) is 4.13. The molecule has 0 aliphatic heterocycles. The smallest absolute Gasteiger partial charge is 0.409 e. The van der Waals surface area contributed by atoms with Gasteiger partial charge in [0.2, 0.25) is 0 Å². The van der Waals surface area contributed by atoms with Crippen LogP contribution in [-0.2, 0) is 9.47 Å². The highest BCUT2D eigenvalue weighted by molar-refractivity contribution is 5.74. The van der Waals surface area contributed by atoms with Crippen LogP contribution in [-0.4, -0.2) is 69.0 Å². The third kappa shape index (κ3) is 3.30. The molecule has 1 N–H and O–H groups in total. The summed E-state index contributed by atoms with van der Waals surface area (Å²) in [5.41, 5.74) is 2.51. The molecular weight excluding hydrogens is 360 g/mol. The summed E-state index contributed by atoms with van der Waals surface area (Å²) in [7, 11) is 3.35. The molecule has 1 aliphatic rings. The molecule has 4 rings (SSSR count). The molecule has 9 heteroatoms. The largest absolute Gasteiger partial charge is 0.446 e. The number of H-pyrrole nitrogens is 1. The molecule has 9 nitrogen and oxygen atoms in total. The van der Waals surface area contributed by atoms with E-state index < -0.39 is 0 Å². The van der Waals surface area contributed by atoms with E-state index in [1.54, 1.807) is 25.3 Å². The highest BCUT2D eigenvalue weighted by atomic mass is 16.6. The predicted octanol–water partition coefficient (Wildman–Crippen LogP) is 2.59. The summed E-state index contributed by atoms with van der Waals surface area (Å²) < 4.78 is 12.9. The summed E-state index contributed by atoms with van der Waals surface area (Å²) in [6, 6.07) is 1.99. The normalized spacial score (nSPS) is 22.2. The lowest BCUT2D eigenvalue weighted by Crippen LogP contribution is -2.33. The Labute approximate surface area is 163 Å². The van der Waals surface area contributed by atoms with Crippen molar-refractivity contribution in [2.75, 3.05) is 27.3 Å². The predicted molar refractivity (Wildman–Crippen MR) is 103 cm³/mol. The van der Waals surface area contributed by atoms with Gasteiger partial charge in [0.15, 0.2) is 11.3 Å². The highest BCUT2D eigenvalue weighted by Gasteiger charge is 2.39. The summed E-state index contributed by atoms with van der Waals surface area (Å²) in [4.78, 5) is 21.4. The van der Waals surface area contributed by atoms with Crippen molar-refractivity contribution in [3.05, 3.63) is 24.3 Å². The third-order valence-electron chi connectivity index (χ3n) is 5.68. The maximum Gasteiger partial charge on any atom is 0.409 e. The molecule has 0 aromatic carbocycles. The van der Waals surface area contributed by atoms with Crippen molar-refractivity contribution in [2.45, 2.75) is 38.2 Å². The van der Waals surface area contributed by atoms with Gasteiger partial charge < -0.3 is 19.4 Å². The van der Waals surface area contributed by atoms with Crippen LogP contribution in [0.15, 0.2) is 18.5 Å². The number of carbonyl (C=O) groups is 1. The molecule has 0 radical (unpaired) electrons. The molecule has 3 unspecified atom stereocenters. The van der Waals surface area contributed by atoms with Gasteiger partial charge in [0.1, 0.15) is 11.9 Å². The van der Waals surface area contributed by atoms with Gasteiger partial charge in [-0.15, -0.1) is 10.2 Å². The second-order valence-electron chi connectivity index (χ2n) is 7.39. The van der Waals surface area contributed by atoms with E-state index in [1.807, 2.05) is 12.3 Å². The number of nitrogens with zero attached hydrogens (tertiary/aromatic N) is 5. The Morgan fingerprint density at radius 3 is 3.04 bits per heavy atom. The standard InChI is InChI=1S/C19H26N6O3/c1-4-12-9-13(28-19(26)24(2)7-8-27-3)10-14(12)18-23-22-16-11-21-17-15(25(16)18)5-6-20-17/h5-6,11-14,20H,4,7-10H2,1-3H3. The number of likely N-dealkylation sites (N-methyl/N-ethyl adjacent to an activating group) is 1. The summed E-state index contributed by atoms with van der Waals surface area (Å²) >= 11 is 0. The van der Waals surface area contributed by atoms with Crippen LogP contribution in [0.3, 0.4) is 0 Å². The van der Waals surface area contributed by atoms with Crippen LogP contribution in [0, 0.1) is 5.92 Å². The van der Waals surface area contributed by atoms with Gasteiger partial charge in [0.05, 0.1) is 18.3 Å². The highest BCUT2D eigenvalue weighted by Crippen LogP contribution is 2.42. The number of ether oxygens (including phenoxy) is 2. The van der Waals surface area contributed by atoms with Gasteiger partial charge in [-0.3, -0.25) is 4.40 Å². The van der Waals surface area contributed by atoms with Crippen LogP contribution in [0.5, 0.6) is 0 Å². The Morgan fingerprint density at radius 2 is 2.25 bits per heavy atom. The molecule has 1 fully saturated rings. The first-order valence-electron chi connectivity index (χ1n) is 9.70. The molecule has 0 bridgehead atoms. The Bertz CT molecular complexity index is 967. The zero-order valence-corrected chi connectivity index (χ0v) is 16.5. The SMILES string of the molecule is CCC1CC(OC(=O)N(C)CCOC)CC1c1nnc2cnc3[nH]ccc3n12. The molecule has 3 aromatic rings. The van der Waals surface area contributed by atoms with E-state index in [0.717, 1.165) is 41.9 Å². The van der Waals surface area contributed by atoms with Gasteiger partial charge in [0, 0.05) is 32.8 Å². The number of rotatable bonds is 6. The molecule has 3 heterocycles. The van der Waals surface area contributed by atoms with E-state index in [0.29, 0.717) is 19.1 Å². The number of carbonyl (C=O) groups excluding carboxylic acids is 1. The van der Waals surface area contributed by atoms with E-state index in [1.165, 1.54) is 0 Å². The Hall–Kier alpha value is -2.68. The quantitative estimate of drug-likeness (QED) is 0.699. The molecule has 1 aliphatic carbocycles. The van der Waals surface area contributed by atoms with Crippen molar-refractivity contribution in [1.82, 2.24) is 29.5 Å². The van der Waals surface area contributed by atoms with Crippen LogP contribution in [0.2, 0.25) is 0 Å². The second-order valence-corrected chi connectivity index (χ2v) is 7.39. The molecular formula is C19H26N6O3. The number of hydrogen-bond donors (Lipinski definition) is 1. The number of amides is 1. The van der Waals surface area contributed by atoms with Crippen LogP contribution in [0.1, 0.15) is 37.9 Å². The molecule has 150 valence electrons. The third-order valence-corrected chi connectivity index (χ3v) is 5.68. The van der Waals surface area contributed by atoms with Crippen molar-refractivity contribution in [2.24, 2.45) is 5.92 Å². The Balaban J connectivity index is 1.56. The minimum absolute atomic E-state index is 0.122. The maximum atomic E-state index is 12.3. The average molecular weight is 386 g/mol. The lowest BCUT2D eigenvalue weighted by molar-refractivity contribution is 0.0622. The topological polar surface area (TPSA) is 97.6 Å². The summed E-state index contributed by atoms with van der Waals surface area (Å²) in [6.07, 6.45) is 5.75. The van der Waals surface area contributed by atoms with Gasteiger partial charge in [0.25, 0.3) is 0 Å². The summed E-state index contributed by atoms with van der Waals surface area (Å²) in [5, 5.41) is 8.80. The average Bonchev–Trinajstić information content (AvgIpc) is 3.41. The van der Waals surface area contributed by atoms with Crippen LogP contribution in [0.25, 0.3) is 16.8 Å². The first-order valence-corrected chi connectivity index (χ1v) is 9.70. The molecule has 3 aromatic heterocycles. The minimum Gasteiger partial charge on any atom is -0.446 e. The van der Waals surface area contributed by atoms with Crippen molar-refractivity contribution in [1.29, 1.82) is 0 Å². The second kappa shape index (κ2) is 7.75. The number of nitrogens with one attached hydrogen (secondary N) is 1. The molecule has 1 saturated carbocycles. The number of aromatic amines is 1. The van der Waals surface area contributed by atoms with Crippen LogP contribution in [0.4, 0.5) is 4.79 Å². The molecule has 3 atom stereocenters. The van der Waals surface area contributed by atoms with E-state index in [2.05, 4.69) is 31.5 Å². The van der Waals surface area contributed by atoms with Crippen molar-refractivity contribution < 1.29 is 14.3 Å². The van der Waals surface area contributed by atoms with Gasteiger partial charge in [-0.05, 0) is 24.8 Å². The first kappa shape index (κ1) is 18.7. The van der Waals surface area contributed by atoms with Crippen molar-refractivity contribution in [3.8, 4) is 0 Å². The molecule has 28 heavy (non-hydrogen) atoms. The van der Waals surface area contributed by atoms with Crippen LogP contribution < -0.4 is 0 Å². The molecule has 0 spiro atoms. The van der Waals surface area contributed by atoms with E-state index in [4.69, 9.17) is 9.47 Å². The number of aromatic nitrogens is 5. The number of methoxy groups -OCH3 is 1. The maximum absolute atomic E-state index is 12.3. The number of hydrogen-bond acceptors (Lipinski definition) is 6. The van der Waals surface area contributed by atoms with Gasteiger partial charge in [-0.25, -0.2) is 9.78 Å². The number of fused-ring (bicyclic) bond motifs is 3. The fraction of sp³-hybridized carbons (Fsp3) is 0.579. The zero-order valence-electron chi connectivity index (χ0n) is 16.5. The van der Waals surface area contributed by atoms with Gasteiger partial charge >= 0.3 is 6.09 Å². The summed E-state index contributed by atoms with van der Waals surface area (Å²) in [6.45, 7) is 3.17. The van der Waals surface area contributed by atoms with Crippen molar-refractivity contribution >= 4 is 22.9 Å². The monoisotopic (exact) mass is 386 g/mol. The lowest BCUT2D eigenvalue weighted by Gasteiger charge is -2.19. The molecule has 0 saturated heterocycles. The van der Waals surface area contributed by atoms with E-state index in [-0.39, 0.29) is 18.1 Å². The first-order chi connectivity index (χ1) is 13.6. The van der Waals surface area contributed by atoms with Gasteiger partial charge in [-0.2, -0.15) is 0 Å². The van der Waals surface area contributed by atoms with Crippen molar-refractivity contribution in [3.63, 3.8) is 0 Å². The lowest BCUT2D eigenvalue weighted by atomic mass is 9.93. The minimum atomic E-state index is -0.305. The Morgan fingerprint density at radius 1 is 1.39 bits per heavy atom.